The number of fused-ring (bicyclic) bond motifs is 1. The summed E-state index contributed by atoms with van der Waals surface area (Å²) >= 11 is 0. The Bertz CT molecular complexity index is 788. The van der Waals surface area contributed by atoms with Gasteiger partial charge in [0.1, 0.15) is 11.2 Å². The molecule has 0 aliphatic heterocycles. The topological polar surface area (TPSA) is 70.4 Å². The third kappa shape index (κ3) is 1.79. The number of nitrogens with one attached hydrogen (secondary N) is 1. The lowest BCUT2D eigenvalue weighted by Crippen LogP contribution is -2.12. The number of nitrogens with zero attached hydrogens (tertiary/aromatic N) is 2. The normalized spacial score (nSPS) is 11.0. The number of H-pyrrole nitrogens is 1. The highest BCUT2D eigenvalue weighted by Crippen LogP contribution is 2.25. The summed E-state index contributed by atoms with van der Waals surface area (Å²) in [6.07, 6.45) is 0.740. The van der Waals surface area contributed by atoms with Gasteiger partial charge in [-0.05, 0) is 12.0 Å². The van der Waals surface area contributed by atoms with Gasteiger partial charge in [-0.3, -0.25) is 4.79 Å². The van der Waals surface area contributed by atoms with Gasteiger partial charge in [0, 0.05) is 6.07 Å². The number of aromatic hydroxyl groups is 1. The fourth-order valence-electron chi connectivity index (χ4n) is 2.10. The van der Waals surface area contributed by atoms with Crippen LogP contribution in [0, 0.1) is 0 Å². The second-order valence-corrected chi connectivity index (χ2v) is 4.31. The Labute approximate surface area is 109 Å². The van der Waals surface area contributed by atoms with Crippen molar-refractivity contribution in [1.82, 2.24) is 14.6 Å². The molecule has 0 aliphatic carbocycles. The Balaban J connectivity index is 2.34. The smallest absolute Gasteiger partial charge is 0.262 e. The molecule has 96 valence electrons. The van der Waals surface area contributed by atoms with Crippen molar-refractivity contribution >= 4 is 5.65 Å². The highest BCUT2D eigenvalue weighted by Gasteiger charge is 2.15. The first-order valence-corrected chi connectivity index (χ1v) is 6.10. The van der Waals surface area contributed by atoms with Crippen molar-refractivity contribution in [2.75, 3.05) is 0 Å². The molecule has 0 radical (unpaired) electrons. The molecule has 5 heteroatoms. The maximum atomic E-state index is 12.1. The predicted octanol–water partition coefficient (Wildman–Crippen LogP) is 1.96. The summed E-state index contributed by atoms with van der Waals surface area (Å²) in [6, 6.07) is 10.8. The van der Waals surface area contributed by atoms with E-state index in [2.05, 4.69) is 10.1 Å². The van der Waals surface area contributed by atoms with Crippen LogP contribution < -0.4 is 5.56 Å². The molecule has 0 spiro atoms. The van der Waals surface area contributed by atoms with E-state index in [1.807, 2.05) is 25.1 Å². The maximum absolute atomic E-state index is 12.1. The van der Waals surface area contributed by atoms with Gasteiger partial charge in [-0.1, -0.05) is 37.3 Å². The van der Waals surface area contributed by atoms with Gasteiger partial charge in [-0.15, -0.1) is 0 Å². The minimum Gasteiger partial charge on any atom is -0.493 e. The molecule has 0 fully saturated rings. The molecule has 19 heavy (non-hydrogen) atoms. The first kappa shape index (κ1) is 11.5. The number of hydrogen-bond acceptors (Lipinski definition) is 3. The molecule has 0 atom stereocenters. The van der Waals surface area contributed by atoms with Gasteiger partial charge in [0.2, 0.25) is 5.88 Å². The molecule has 5 nitrogen and oxygen atoms in total. The van der Waals surface area contributed by atoms with E-state index in [1.54, 1.807) is 18.2 Å². The van der Waals surface area contributed by atoms with Crippen LogP contribution in [-0.4, -0.2) is 19.7 Å². The van der Waals surface area contributed by atoms with E-state index in [-0.39, 0.29) is 17.0 Å². The number of rotatable bonds is 2. The molecule has 0 saturated carbocycles. The van der Waals surface area contributed by atoms with E-state index in [0.717, 1.165) is 12.1 Å². The van der Waals surface area contributed by atoms with Crippen molar-refractivity contribution in [2.24, 2.45) is 0 Å². The summed E-state index contributed by atoms with van der Waals surface area (Å²) in [5.74, 6) is -0.135. The molecule has 0 unspecified atom stereocenters. The van der Waals surface area contributed by atoms with Crippen molar-refractivity contribution in [3.8, 4) is 17.0 Å². The van der Waals surface area contributed by atoms with Gasteiger partial charge in [-0.2, -0.15) is 9.61 Å². The summed E-state index contributed by atoms with van der Waals surface area (Å²) in [7, 11) is 0. The van der Waals surface area contributed by atoms with E-state index in [4.69, 9.17) is 0 Å². The Morgan fingerprint density at radius 2 is 2.05 bits per heavy atom. The SMILES string of the molecule is CCc1cc2[nH]c(=O)c(-c3ccccc3)c(O)n2n1. The second-order valence-electron chi connectivity index (χ2n) is 4.31. The first-order chi connectivity index (χ1) is 9.20. The van der Waals surface area contributed by atoms with Crippen LogP contribution in [0.15, 0.2) is 41.2 Å². The lowest BCUT2D eigenvalue weighted by molar-refractivity contribution is 0.436. The molecule has 2 aromatic heterocycles. The highest BCUT2D eigenvalue weighted by molar-refractivity contribution is 5.69. The Morgan fingerprint density at radius 1 is 1.32 bits per heavy atom. The Morgan fingerprint density at radius 3 is 2.74 bits per heavy atom. The molecule has 3 aromatic rings. The highest BCUT2D eigenvalue weighted by atomic mass is 16.3. The molecule has 2 heterocycles. The molecule has 0 saturated heterocycles. The molecular formula is C14H13N3O2. The van der Waals surface area contributed by atoms with Gasteiger partial charge in [0.25, 0.3) is 5.56 Å². The van der Waals surface area contributed by atoms with E-state index in [9.17, 15) is 9.90 Å². The van der Waals surface area contributed by atoms with Crippen LogP contribution in [0.25, 0.3) is 16.8 Å². The summed E-state index contributed by atoms with van der Waals surface area (Å²) < 4.78 is 1.36. The maximum Gasteiger partial charge on any atom is 0.262 e. The summed E-state index contributed by atoms with van der Waals surface area (Å²) in [4.78, 5) is 14.8. The van der Waals surface area contributed by atoms with Crippen molar-refractivity contribution in [3.63, 3.8) is 0 Å². The monoisotopic (exact) mass is 255 g/mol. The van der Waals surface area contributed by atoms with Crippen LogP contribution in [-0.2, 0) is 6.42 Å². The predicted molar refractivity (Wildman–Crippen MR) is 72.3 cm³/mol. The number of aromatic nitrogens is 3. The number of hydrogen-bond donors (Lipinski definition) is 2. The van der Waals surface area contributed by atoms with Crippen LogP contribution in [0.2, 0.25) is 0 Å². The molecule has 0 bridgehead atoms. The zero-order valence-electron chi connectivity index (χ0n) is 10.4. The lowest BCUT2D eigenvalue weighted by atomic mass is 10.1. The third-order valence-corrected chi connectivity index (χ3v) is 3.08. The average molecular weight is 255 g/mol. The van der Waals surface area contributed by atoms with Crippen molar-refractivity contribution < 1.29 is 5.11 Å². The van der Waals surface area contributed by atoms with Crippen molar-refractivity contribution in [1.29, 1.82) is 0 Å². The van der Waals surface area contributed by atoms with Crippen LogP contribution >= 0.6 is 0 Å². The second kappa shape index (κ2) is 4.28. The van der Waals surface area contributed by atoms with Gasteiger partial charge in [-0.25, -0.2) is 0 Å². The quantitative estimate of drug-likeness (QED) is 0.735. The summed E-state index contributed by atoms with van der Waals surface area (Å²) in [5.41, 5.74) is 1.89. The van der Waals surface area contributed by atoms with Crippen LogP contribution in [0.3, 0.4) is 0 Å². The van der Waals surface area contributed by atoms with E-state index >= 15 is 0 Å². The van der Waals surface area contributed by atoms with Crippen molar-refractivity contribution in [3.05, 3.63) is 52.4 Å². The molecule has 0 amide bonds. The molecular weight excluding hydrogens is 242 g/mol. The van der Waals surface area contributed by atoms with E-state index in [1.165, 1.54) is 4.52 Å². The minimum atomic E-state index is -0.321. The van der Waals surface area contributed by atoms with E-state index in [0.29, 0.717) is 11.2 Å². The van der Waals surface area contributed by atoms with Gasteiger partial charge in [0.15, 0.2) is 0 Å². The fourth-order valence-corrected chi connectivity index (χ4v) is 2.10. The zero-order valence-corrected chi connectivity index (χ0v) is 10.4. The van der Waals surface area contributed by atoms with Gasteiger partial charge >= 0.3 is 0 Å². The molecule has 1 aromatic carbocycles. The molecule has 0 aliphatic rings. The van der Waals surface area contributed by atoms with Crippen LogP contribution in [0.1, 0.15) is 12.6 Å². The largest absolute Gasteiger partial charge is 0.493 e. The summed E-state index contributed by atoms with van der Waals surface area (Å²) in [6.45, 7) is 1.97. The third-order valence-electron chi connectivity index (χ3n) is 3.08. The lowest BCUT2D eigenvalue weighted by Gasteiger charge is -2.05. The summed E-state index contributed by atoms with van der Waals surface area (Å²) in [5, 5.41) is 14.5. The van der Waals surface area contributed by atoms with Crippen LogP contribution in [0.5, 0.6) is 5.88 Å². The number of benzene rings is 1. The Kier molecular flexibility index (Phi) is 2.59. The van der Waals surface area contributed by atoms with Crippen molar-refractivity contribution in [2.45, 2.75) is 13.3 Å². The first-order valence-electron chi connectivity index (χ1n) is 6.10. The Hall–Kier alpha value is -2.56. The number of aromatic amines is 1. The van der Waals surface area contributed by atoms with Gasteiger partial charge in [0.05, 0.1) is 5.69 Å². The zero-order chi connectivity index (χ0) is 13.4. The average Bonchev–Trinajstić information content (AvgIpc) is 2.83. The fraction of sp³-hybridized carbons (Fsp3) is 0.143. The molecule has 2 N–H and O–H groups in total. The van der Waals surface area contributed by atoms with E-state index < -0.39 is 0 Å². The number of aryl methyl sites for hydroxylation is 1. The van der Waals surface area contributed by atoms with Gasteiger partial charge < -0.3 is 10.1 Å². The standard InChI is InChI=1S/C14H13N3O2/c1-2-10-8-11-15-13(18)12(14(19)17(11)16-10)9-6-4-3-5-7-9/h3-8,19H,2H2,1H3,(H,15,18). The van der Waals surface area contributed by atoms with Crippen LogP contribution in [0.4, 0.5) is 0 Å². The molecule has 3 rings (SSSR count). The minimum absolute atomic E-state index is 0.135.